The van der Waals surface area contributed by atoms with Crippen LogP contribution in [0, 0.1) is 5.92 Å². The highest BCUT2D eigenvalue weighted by molar-refractivity contribution is 6.30. The van der Waals surface area contributed by atoms with E-state index in [-0.39, 0.29) is 12.0 Å². The summed E-state index contributed by atoms with van der Waals surface area (Å²) < 4.78 is 11.3. The van der Waals surface area contributed by atoms with Gasteiger partial charge >= 0.3 is 0 Å². The molecule has 0 spiro atoms. The van der Waals surface area contributed by atoms with Crippen molar-refractivity contribution < 1.29 is 19.4 Å². The van der Waals surface area contributed by atoms with Gasteiger partial charge in [0.05, 0.1) is 25.9 Å². The highest BCUT2D eigenvalue weighted by Crippen LogP contribution is 2.41. The van der Waals surface area contributed by atoms with Crippen LogP contribution in [0.2, 0.25) is 5.02 Å². The number of fused-ring (bicyclic) bond motifs is 1. The second-order valence-corrected chi connectivity index (χ2v) is 12.0. The first-order chi connectivity index (χ1) is 18.9. The number of ether oxygens (including phenoxy) is 2. The van der Waals surface area contributed by atoms with E-state index in [1.54, 1.807) is 14.2 Å². The maximum Gasteiger partial charge on any atom is 0.226 e. The standard InChI is InChI=1S/C32H43ClN2O4/c1-38-29-21-24-13-18-35(31(36)23-7-5-3-4-6-8-23)28(27(24)22-30(29)39-2)14-17-34-19-15-32(37,16-20-34)25-9-11-26(33)12-10-25/h9-12,21-23,28,37H,3-8,13-20H2,1-2H3. The fourth-order valence-electron chi connectivity index (χ4n) is 6.86. The minimum atomic E-state index is -0.816. The van der Waals surface area contributed by atoms with Gasteiger partial charge in [0.2, 0.25) is 5.91 Å². The number of hydrogen-bond acceptors (Lipinski definition) is 5. The average Bonchev–Trinajstić information content (AvgIpc) is 3.25. The van der Waals surface area contributed by atoms with Crippen LogP contribution in [0.3, 0.4) is 0 Å². The van der Waals surface area contributed by atoms with E-state index in [1.165, 1.54) is 24.0 Å². The molecule has 2 aromatic rings. The Hall–Kier alpha value is -2.28. The van der Waals surface area contributed by atoms with Crippen LogP contribution in [0.15, 0.2) is 36.4 Å². The summed E-state index contributed by atoms with van der Waals surface area (Å²) in [6, 6.07) is 11.8. The Morgan fingerprint density at radius 2 is 1.62 bits per heavy atom. The molecule has 2 aromatic carbocycles. The number of amides is 1. The molecule has 212 valence electrons. The van der Waals surface area contributed by atoms with Crippen LogP contribution >= 0.6 is 11.6 Å². The van der Waals surface area contributed by atoms with Crippen molar-refractivity contribution in [2.75, 3.05) is 40.4 Å². The van der Waals surface area contributed by atoms with E-state index in [4.69, 9.17) is 21.1 Å². The molecular weight excluding hydrogens is 512 g/mol. The lowest BCUT2D eigenvalue weighted by Crippen LogP contribution is -2.46. The average molecular weight is 555 g/mol. The van der Waals surface area contributed by atoms with Crippen LogP contribution in [0.4, 0.5) is 0 Å². The molecule has 0 bridgehead atoms. The molecule has 1 aliphatic carbocycles. The number of hydrogen-bond donors (Lipinski definition) is 1. The Morgan fingerprint density at radius 3 is 2.26 bits per heavy atom. The van der Waals surface area contributed by atoms with Crippen molar-refractivity contribution in [3.63, 3.8) is 0 Å². The summed E-state index contributed by atoms with van der Waals surface area (Å²) in [7, 11) is 3.35. The van der Waals surface area contributed by atoms with Crippen LogP contribution in [0.25, 0.3) is 0 Å². The van der Waals surface area contributed by atoms with Gasteiger partial charge in [-0.05, 0) is 79.5 Å². The van der Waals surface area contributed by atoms with Crippen molar-refractivity contribution >= 4 is 17.5 Å². The van der Waals surface area contributed by atoms with Crippen molar-refractivity contribution in [3.8, 4) is 11.5 Å². The summed E-state index contributed by atoms with van der Waals surface area (Å²) >= 11 is 6.06. The maximum absolute atomic E-state index is 13.9. The quantitative estimate of drug-likeness (QED) is 0.417. The third kappa shape index (κ3) is 6.23. The van der Waals surface area contributed by atoms with Gasteiger partial charge in [-0.15, -0.1) is 0 Å². The fraction of sp³-hybridized carbons (Fsp3) is 0.594. The lowest BCUT2D eigenvalue weighted by atomic mass is 9.84. The van der Waals surface area contributed by atoms with Crippen molar-refractivity contribution in [3.05, 3.63) is 58.1 Å². The molecule has 1 atom stereocenters. The number of rotatable bonds is 7. The number of nitrogens with zero attached hydrogens (tertiary/aromatic N) is 2. The smallest absolute Gasteiger partial charge is 0.226 e. The number of carbonyl (C=O) groups excluding carboxylic acids is 1. The number of likely N-dealkylation sites (tertiary alicyclic amines) is 1. The predicted molar refractivity (Wildman–Crippen MR) is 155 cm³/mol. The molecule has 2 heterocycles. The van der Waals surface area contributed by atoms with E-state index in [0.717, 1.165) is 81.8 Å². The minimum absolute atomic E-state index is 0.0152. The number of aliphatic hydroxyl groups is 1. The zero-order chi connectivity index (χ0) is 27.4. The van der Waals surface area contributed by atoms with Crippen molar-refractivity contribution in [2.45, 2.75) is 75.9 Å². The van der Waals surface area contributed by atoms with E-state index in [9.17, 15) is 9.90 Å². The van der Waals surface area contributed by atoms with Gasteiger partial charge in [-0.3, -0.25) is 4.79 Å². The molecule has 0 aromatic heterocycles. The topological polar surface area (TPSA) is 62.2 Å². The molecule has 1 N–H and O–H groups in total. The molecule has 6 nitrogen and oxygen atoms in total. The zero-order valence-electron chi connectivity index (χ0n) is 23.5. The Balaban J connectivity index is 1.33. The van der Waals surface area contributed by atoms with Gasteiger partial charge in [0.15, 0.2) is 11.5 Å². The third-order valence-corrected chi connectivity index (χ3v) is 9.53. The van der Waals surface area contributed by atoms with Gasteiger partial charge < -0.3 is 24.4 Å². The molecule has 2 fully saturated rings. The first-order valence-corrected chi connectivity index (χ1v) is 15.1. The first-order valence-electron chi connectivity index (χ1n) is 14.7. The molecule has 1 saturated heterocycles. The maximum atomic E-state index is 13.9. The molecule has 7 heteroatoms. The van der Waals surface area contributed by atoms with Crippen molar-refractivity contribution in [2.24, 2.45) is 5.92 Å². The normalized spacial score (nSPS) is 22.2. The summed E-state index contributed by atoms with van der Waals surface area (Å²) in [6.45, 7) is 3.27. The Morgan fingerprint density at radius 1 is 0.974 bits per heavy atom. The monoisotopic (exact) mass is 554 g/mol. The predicted octanol–water partition coefficient (Wildman–Crippen LogP) is 6.13. The number of methoxy groups -OCH3 is 2. The molecule has 3 aliphatic rings. The Labute approximate surface area is 238 Å². The SMILES string of the molecule is COc1cc2c(cc1OC)C(CCN1CCC(O)(c3ccc(Cl)cc3)CC1)N(C(=O)C1CCCCCC1)CC2. The van der Waals surface area contributed by atoms with Crippen LogP contribution in [0.1, 0.15) is 80.5 Å². The van der Waals surface area contributed by atoms with Crippen LogP contribution in [-0.4, -0.2) is 61.2 Å². The summed E-state index contributed by atoms with van der Waals surface area (Å²) in [5.41, 5.74) is 2.56. The van der Waals surface area contributed by atoms with Gasteiger partial charge in [0.25, 0.3) is 0 Å². The summed E-state index contributed by atoms with van der Waals surface area (Å²) in [5, 5.41) is 12.0. The fourth-order valence-corrected chi connectivity index (χ4v) is 6.99. The molecule has 5 rings (SSSR count). The zero-order valence-corrected chi connectivity index (χ0v) is 24.2. The lowest BCUT2D eigenvalue weighted by molar-refractivity contribution is -0.139. The minimum Gasteiger partial charge on any atom is -0.493 e. The highest BCUT2D eigenvalue weighted by atomic mass is 35.5. The van der Waals surface area contributed by atoms with Crippen molar-refractivity contribution in [1.29, 1.82) is 0 Å². The van der Waals surface area contributed by atoms with Gasteiger partial charge in [-0.1, -0.05) is 49.4 Å². The van der Waals surface area contributed by atoms with Gasteiger partial charge in [0.1, 0.15) is 0 Å². The van der Waals surface area contributed by atoms with E-state index >= 15 is 0 Å². The molecule has 0 radical (unpaired) electrons. The number of benzene rings is 2. The second-order valence-electron chi connectivity index (χ2n) is 11.6. The van der Waals surface area contributed by atoms with Gasteiger partial charge in [-0.25, -0.2) is 0 Å². The molecule has 39 heavy (non-hydrogen) atoms. The molecular formula is C32H43ClN2O4. The van der Waals surface area contributed by atoms with Crippen LogP contribution in [-0.2, 0) is 16.8 Å². The molecule has 2 aliphatic heterocycles. The van der Waals surface area contributed by atoms with Crippen LogP contribution in [0.5, 0.6) is 11.5 Å². The number of halogens is 1. The second kappa shape index (κ2) is 12.5. The number of piperidine rings is 1. The molecule has 1 saturated carbocycles. The van der Waals surface area contributed by atoms with Crippen LogP contribution < -0.4 is 9.47 Å². The van der Waals surface area contributed by atoms with Gasteiger partial charge in [-0.2, -0.15) is 0 Å². The highest BCUT2D eigenvalue weighted by Gasteiger charge is 2.37. The van der Waals surface area contributed by atoms with Gasteiger partial charge in [0, 0.05) is 37.1 Å². The lowest BCUT2D eigenvalue weighted by Gasteiger charge is -2.42. The third-order valence-electron chi connectivity index (χ3n) is 9.27. The van der Waals surface area contributed by atoms with E-state index in [2.05, 4.69) is 21.9 Å². The van der Waals surface area contributed by atoms with E-state index in [1.807, 2.05) is 24.3 Å². The molecule has 1 unspecified atom stereocenters. The number of carbonyl (C=O) groups is 1. The Kier molecular flexibility index (Phi) is 9.05. The largest absolute Gasteiger partial charge is 0.493 e. The van der Waals surface area contributed by atoms with E-state index in [0.29, 0.717) is 23.8 Å². The summed E-state index contributed by atoms with van der Waals surface area (Å²) in [4.78, 5) is 18.6. The first kappa shape index (κ1) is 28.3. The summed E-state index contributed by atoms with van der Waals surface area (Å²) in [6.07, 6.45) is 9.88. The van der Waals surface area contributed by atoms with E-state index < -0.39 is 5.60 Å². The van der Waals surface area contributed by atoms with Crippen molar-refractivity contribution in [1.82, 2.24) is 9.80 Å². The Bertz CT molecular complexity index is 1120. The summed E-state index contributed by atoms with van der Waals surface area (Å²) in [5.74, 6) is 1.94. The molecule has 1 amide bonds.